The van der Waals surface area contributed by atoms with Crippen LogP contribution in [0.2, 0.25) is 0 Å². The van der Waals surface area contributed by atoms with Gasteiger partial charge in [-0.3, -0.25) is 0 Å². The van der Waals surface area contributed by atoms with E-state index >= 15 is 0 Å². The molecule has 1 aromatic carbocycles. The molecule has 0 amide bonds. The third-order valence-electron chi connectivity index (χ3n) is 2.70. The Morgan fingerprint density at radius 1 is 1.50 bits per heavy atom. The monoisotopic (exact) mass is 263 g/mol. The van der Waals surface area contributed by atoms with Crippen molar-refractivity contribution in [2.75, 3.05) is 26.9 Å². The average molecular weight is 263 g/mol. The second-order valence-corrected chi connectivity index (χ2v) is 5.29. The summed E-state index contributed by atoms with van der Waals surface area (Å²) in [6, 6.07) is 6.00. The molecule has 3 nitrogen and oxygen atoms in total. The van der Waals surface area contributed by atoms with Gasteiger partial charge in [0.15, 0.2) is 0 Å². The van der Waals surface area contributed by atoms with Crippen LogP contribution in [0.25, 0.3) is 0 Å². The highest BCUT2D eigenvalue weighted by Crippen LogP contribution is 2.28. The average Bonchev–Trinajstić information content (AvgIpc) is 2.34. The lowest BCUT2D eigenvalue weighted by atomic mass is 10.1. The largest absolute Gasteiger partial charge is 0.496 e. The van der Waals surface area contributed by atoms with Crippen LogP contribution in [0.3, 0.4) is 0 Å². The summed E-state index contributed by atoms with van der Waals surface area (Å²) in [4.78, 5) is 0. The van der Waals surface area contributed by atoms with Crippen LogP contribution in [0.15, 0.2) is 18.2 Å². The molecule has 1 fully saturated rings. The number of hydrogen-bond acceptors (Lipinski definition) is 4. The van der Waals surface area contributed by atoms with Crippen molar-refractivity contribution < 1.29 is 9.47 Å². The molecule has 1 aliphatic heterocycles. The highest BCUT2D eigenvalue weighted by molar-refractivity contribution is 7.99. The fourth-order valence-electron chi connectivity index (χ4n) is 1.64. The Morgan fingerprint density at radius 3 is 2.94 bits per heavy atom. The van der Waals surface area contributed by atoms with Crippen LogP contribution in [0.5, 0.6) is 5.75 Å². The van der Waals surface area contributed by atoms with E-state index in [2.05, 4.69) is 17.9 Å². The quantitative estimate of drug-likeness (QED) is 0.839. The Morgan fingerprint density at radius 2 is 2.33 bits per heavy atom. The molecule has 0 atom stereocenters. The van der Waals surface area contributed by atoms with Gasteiger partial charge in [-0.25, -0.2) is 0 Å². The molecule has 0 saturated carbocycles. The third kappa shape index (κ3) is 3.42. The van der Waals surface area contributed by atoms with Gasteiger partial charge in [0.2, 0.25) is 0 Å². The second-order valence-electron chi connectivity index (χ2n) is 4.00. The van der Waals surface area contributed by atoms with E-state index in [4.69, 9.17) is 15.2 Å². The van der Waals surface area contributed by atoms with Crippen LogP contribution >= 0.6 is 11.8 Å². The highest BCUT2D eigenvalue weighted by Gasteiger charge is 2.19. The first-order chi connectivity index (χ1) is 8.83. The second kappa shape index (κ2) is 6.69. The van der Waals surface area contributed by atoms with E-state index in [0.29, 0.717) is 11.8 Å². The molecule has 1 aromatic rings. The van der Waals surface area contributed by atoms with Gasteiger partial charge >= 0.3 is 0 Å². The summed E-state index contributed by atoms with van der Waals surface area (Å²) in [6.07, 6.45) is 0. The lowest BCUT2D eigenvalue weighted by molar-refractivity contribution is 0.0455. The zero-order valence-corrected chi connectivity index (χ0v) is 11.3. The molecule has 0 spiro atoms. The van der Waals surface area contributed by atoms with Gasteiger partial charge in [0, 0.05) is 16.9 Å². The Labute approximate surface area is 112 Å². The van der Waals surface area contributed by atoms with E-state index in [1.165, 1.54) is 5.56 Å². The number of hydrogen-bond donors (Lipinski definition) is 1. The van der Waals surface area contributed by atoms with Crippen LogP contribution in [-0.2, 0) is 10.5 Å². The predicted molar refractivity (Wildman–Crippen MR) is 74.8 cm³/mol. The van der Waals surface area contributed by atoms with Gasteiger partial charge < -0.3 is 15.2 Å². The van der Waals surface area contributed by atoms with Crippen LogP contribution in [0.4, 0.5) is 0 Å². The van der Waals surface area contributed by atoms with Crippen molar-refractivity contribution in [1.29, 1.82) is 0 Å². The van der Waals surface area contributed by atoms with Crippen LogP contribution < -0.4 is 10.5 Å². The first-order valence-corrected chi connectivity index (χ1v) is 6.93. The molecule has 0 bridgehead atoms. The summed E-state index contributed by atoms with van der Waals surface area (Å²) in [5.74, 6) is 7.76. The Balaban J connectivity index is 2.08. The maximum atomic E-state index is 5.38. The van der Waals surface area contributed by atoms with Crippen LogP contribution in [-0.4, -0.2) is 32.1 Å². The normalized spacial score (nSPS) is 14.6. The molecule has 1 heterocycles. The molecule has 0 radical (unpaired) electrons. The molecule has 4 heteroatoms. The summed E-state index contributed by atoms with van der Waals surface area (Å²) in [5.41, 5.74) is 7.54. The van der Waals surface area contributed by atoms with Gasteiger partial charge in [0.25, 0.3) is 0 Å². The van der Waals surface area contributed by atoms with E-state index in [9.17, 15) is 0 Å². The minimum Gasteiger partial charge on any atom is -0.496 e. The van der Waals surface area contributed by atoms with Crippen molar-refractivity contribution >= 4 is 11.8 Å². The van der Waals surface area contributed by atoms with Crippen molar-refractivity contribution in [1.82, 2.24) is 0 Å². The van der Waals surface area contributed by atoms with Crippen LogP contribution in [0, 0.1) is 11.8 Å². The van der Waals surface area contributed by atoms with Gasteiger partial charge in [-0.1, -0.05) is 11.8 Å². The third-order valence-corrected chi connectivity index (χ3v) is 3.92. The molecule has 96 valence electrons. The van der Waals surface area contributed by atoms with E-state index < -0.39 is 0 Å². The zero-order chi connectivity index (χ0) is 12.8. The van der Waals surface area contributed by atoms with Gasteiger partial charge in [0.1, 0.15) is 5.75 Å². The van der Waals surface area contributed by atoms with Crippen LogP contribution in [0.1, 0.15) is 11.1 Å². The van der Waals surface area contributed by atoms with Crippen molar-refractivity contribution in [3.8, 4) is 17.6 Å². The van der Waals surface area contributed by atoms with E-state index in [-0.39, 0.29) is 0 Å². The molecule has 0 aliphatic carbocycles. The lowest BCUT2D eigenvalue weighted by Crippen LogP contribution is -2.30. The fraction of sp³-hybridized carbons (Fsp3) is 0.429. The molecule has 2 rings (SSSR count). The number of thioether (sulfide) groups is 1. The van der Waals surface area contributed by atoms with Gasteiger partial charge in [-0.05, 0) is 18.2 Å². The van der Waals surface area contributed by atoms with Crippen molar-refractivity contribution in [2.24, 2.45) is 5.73 Å². The van der Waals surface area contributed by atoms with Gasteiger partial charge in [0.05, 0.1) is 32.1 Å². The molecular weight excluding hydrogens is 246 g/mol. The minimum atomic E-state index is 0.384. The first-order valence-electron chi connectivity index (χ1n) is 5.88. The van der Waals surface area contributed by atoms with Gasteiger partial charge in [-0.2, -0.15) is 0 Å². The van der Waals surface area contributed by atoms with E-state index in [1.54, 1.807) is 7.11 Å². The number of ether oxygens (including phenoxy) is 2. The van der Waals surface area contributed by atoms with E-state index in [1.807, 2.05) is 23.9 Å². The zero-order valence-electron chi connectivity index (χ0n) is 10.4. The maximum absolute atomic E-state index is 5.38. The Bertz CT molecular complexity index is 461. The molecule has 0 aromatic heterocycles. The molecule has 1 saturated heterocycles. The van der Waals surface area contributed by atoms with E-state index in [0.717, 1.165) is 30.3 Å². The summed E-state index contributed by atoms with van der Waals surface area (Å²) < 4.78 is 10.5. The topological polar surface area (TPSA) is 44.5 Å². The Kier molecular flexibility index (Phi) is 4.94. The van der Waals surface area contributed by atoms with Gasteiger partial charge in [-0.15, -0.1) is 11.8 Å². The molecular formula is C14H17NO2S. The minimum absolute atomic E-state index is 0.384. The summed E-state index contributed by atoms with van der Waals surface area (Å²) in [5, 5.41) is 0.619. The number of benzene rings is 1. The standard InChI is InChI=1S/C14H17NO2S/c1-16-14-5-4-11(3-2-6-15)7-12(14)10-18-13-8-17-9-13/h4-5,7,13H,6,8-10,15H2,1H3. The van der Waals surface area contributed by atoms with Crippen molar-refractivity contribution in [3.05, 3.63) is 29.3 Å². The SMILES string of the molecule is COc1ccc(C#CCN)cc1CSC1COC1. The molecule has 0 unspecified atom stereocenters. The maximum Gasteiger partial charge on any atom is 0.122 e. The molecule has 1 aliphatic rings. The highest BCUT2D eigenvalue weighted by atomic mass is 32.2. The Hall–Kier alpha value is -1.15. The lowest BCUT2D eigenvalue weighted by Gasteiger charge is -2.25. The first kappa shape index (κ1) is 13.3. The molecule has 2 N–H and O–H groups in total. The van der Waals surface area contributed by atoms with Crippen molar-refractivity contribution in [2.45, 2.75) is 11.0 Å². The molecule has 18 heavy (non-hydrogen) atoms. The number of methoxy groups -OCH3 is 1. The smallest absolute Gasteiger partial charge is 0.122 e. The fourth-order valence-corrected chi connectivity index (χ4v) is 2.67. The summed E-state index contributed by atoms with van der Waals surface area (Å²) in [7, 11) is 1.70. The summed E-state index contributed by atoms with van der Waals surface area (Å²) in [6.45, 7) is 2.11. The van der Waals surface area contributed by atoms with Crippen molar-refractivity contribution in [3.63, 3.8) is 0 Å². The summed E-state index contributed by atoms with van der Waals surface area (Å²) >= 11 is 1.90. The predicted octanol–water partition coefficient (Wildman–Crippen LogP) is 1.64. The number of rotatable bonds is 4. The number of nitrogens with two attached hydrogens (primary N) is 1.